The summed E-state index contributed by atoms with van der Waals surface area (Å²) in [4.78, 5) is 25.8. The second kappa shape index (κ2) is 6.47. The van der Waals surface area contributed by atoms with Crippen LogP contribution in [0.25, 0.3) is 5.69 Å². The van der Waals surface area contributed by atoms with E-state index in [1.807, 2.05) is 50.4 Å². The van der Waals surface area contributed by atoms with Gasteiger partial charge in [-0.1, -0.05) is 25.1 Å². The lowest BCUT2D eigenvalue weighted by atomic mass is 9.95. The lowest BCUT2D eigenvalue weighted by Gasteiger charge is -2.31. The van der Waals surface area contributed by atoms with Crippen LogP contribution in [0.2, 0.25) is 0 Å². The second-order valence-electron chi connectivity index (χ2n) is 6.21. The number of para-hydroxylation sites is 1. The number of aromatic nitrogens is 2. The van der Waals surface area contributed by atoms with Crippen molar-refractivity contribution in [3.05, 3.63) is 48.3 Å². The molecule has 1 fully saturated rings. The molecule has 3 rings (SSSR count). The molecule has 1 aromatic heterocycles. The summed E-state index contributed by atoms with van der Waals surface area (Å²) in [5, 5.41) is 13.9. The fourth-order valence-electron chi connectivity index (χ4n) is 3.30. The maximum Gasteiger partial charge on any atom is 0.309 e. The van der Waals surface area contributed by atoms with Crippen molar-refractivity contribution in [1.29, 1.82) is 0 Å². The minimum atomic E-state index is -0.938. The molecule has 1 aliphatic rings. The van der Waals surface area contributed by atoms with E-state index < -0.39 is 17.9 Å². The van der Waals surface area contributed by atoms with Crippen LogP contribution in [0, 0.1) is 5.92 Å². The van der Waals surface area contributed by atoms with Crippen LogP contribution in [0.15, 0.2) is 42.7 Å². The van der Waals surface area contributed by atoms with Gasteiger partial charge in [-0.2, -0.15) is 5.10 Å². The fourth-order valence-corrected chi connectivity index (χ4v) is 3.30. The molecule has 0 saturated carbocycles. The van der Waals surface area contributed by atoms with Crippen LogP contribution in [-0.2, 0) is 9.59 Å². The molecule has 0 radical (unpaired) electrons. The number of amides is 1. The van der Waals surface area contributed by atoms with E-state index in [4.69, 9.17) is 0 Å². The summed E-state index contributed by atoms with van der Waals surface area (Å²) in [6, 6.07) is 9.14. The molecular formula is C18H21N3O3. The van der Waals surface area contributed by atoms with Gasteiger partial charge in [0, 0.05) is 24.2 Å². The zero-order valence-corrected chi connectivity index (χ0v) is 13.8. The van der Waals surface area contributed by atoms with Gasteiger partial charge in [0.2, 0.25) is 5.91 Å². The third kappa shape index (κ3) is 2.79. The van der Waals surface area contributed by atoms with Crippen molar-refractivity contribution in [2.45, 2.75) is 38.8 Å². The first kappa shape index (κ1) is 16.2. The van der Waals surface area contributed by atoms with E-state index in [1.54, 1.807) is 15.8 Å². The van der Waals surface area contributed by atoms with Gasteiger partial charge in [0.25, 0.3) is 0 Å². The molecule has 1 saturated heterocycles. The van der Waals surface area contributed by atoms with E-state index in [1.165, 1.54) is 0 Å². The topological polar surface area (TPSA) is 75.4 Å². The van der Waals surface area contributed by atoms with Crippen LogP contribution in [0.3, 0.4) is 0 Å². The number of rotatable bonds is 5. The first-order valence-electron chi connectivity index (χ1n) is 8.17. The second-order valence-corrected chi connectivity index (χ2v) is 6.21. The van der Waals surface area contributed by atoms with E-state index in [-0.39, 0.29) is 18.4 Å². The van der Waals surface area contributed by atoms with Crippen LogP contribution in [-0.4, -0.2) is 37.7 Å². The molecule has 6 heteroatoms. The quantitative estimate of drug-likeness (QED) is 0.916. The molecule has 1 amide bonds. The molecular weight excluding hydrogens is 306 g/mol. The van der Waals surface area contributed by atoms with Crippen molar-refractivity contribution in [2.24, 2.45) is 5.92 Å². The van der Waals surface area contributed by atoms with Crippen LogP contribution >= 0.6 is 0 Å². The molecule has 3 atom stereocenters. The normalized spacial score (nSPS) is 21.9. The monoisotopic (exact) mass is 327 g/mol. The molecule has 24 heavy (non-hydrogen) atoms. The van der Waals surface area contributed by atoms with Gasteiger partial charge in [0.05, 0.1) is 23.8 Å². The number of hydrogen-bond donors (Lipinski definition) is 1. The maximum absolute atomic E-state index is 12.4. The Morgan fingerprint density at radius 1 is 1.38 bits per heavy atom. The van der Waals surface area contributed by atoms with Crippen molar-refractivity contribution in [2.75, 3.05) is 0 Å². The number of hydrogen-bond acceptors (Lipinski definition) is 3. The van der Waals surface area contributed by atoms with Gasteiger partial charge in [-0.3, -0.25) is 9.59 Å². The number of carbonyl (C=O) groups excluding carboxylic acids is 1. The minimum Gasteiger partial charge on any atom is -0.481 e. The molecule has 6 nitrogen and oxygen atoms in total. The fraction of sp³-hybridized carbons (Fsp3) is 0.389. The highest BCUT2D eigenvalue weighted by Crippen LogP contribution is 2.40. The molecule has 1 N–H and O–H groups in total. The standard InChI is InChI=1S/C18H21N3O3/c1-3-12(2)21-16(22)9-15(18(23)24)17(21)13-10-19-20(11-13)14-7-5-4-6-8-14/h4-8,10-12,15,17H,3,9H2,1-2H3,(H,23,24)/t12-,15+,17+/m0/s1. The Balaban J connectivity index is 1.99. The zero-order chi connectivity index (χ0) is 17.3. The van der Waals surface area contributed by atoms with Gasteiger partial charge in [0.15, 0.2) is 0 Å². The molecule has 0 aliphatic carbocycles. The molecule has 1 aromatic carbocycles. The summed E-state index contributed by atoms with van der Waals surface area (Å²) in [7, 11) is 0. The highest BCUT2D eigenvalue weighted by Gasteiger charge is 2.46. The van der Waals surface area contributed by atoms with Crippen molar-refractivity contribution in [3.8, 4) is 5.69 Å². The average molecular weight is 327 g/mol. The zero-order valence-electron chi connectivity index (χ0n) is 13.8. The molecule has 1 aliphatic heterocycles. The predicted octanol–water partition coefficient (Wildman–Crippen LogP) is 2.65. The van der Waals surface area contributed by atoms with E-state index in [9.17, 15) is 14.7 Å². The highest BCUT2D eigenvalue weighted by molar-refractivity contribution is 5.87. The average Bonchev–Trinajstić information content (AvgIpc) is 3.19. The Hall–Kier alpha value is -2.63. The van der Waals surface area contributed by atoms with Crippen LogP contribution in [0.1, 0.15) is 38.3 Å². The summed E-state index contributed by atoms with van der Waals surface area (Å²) in [5.74, 6) is -1.78. The number of carbonyl (C=O) groups is 2. The third-order valence-corrected chi connectivity index (χ3v) is 4.71. The van der Waals surface area contributed by atoms with Gasteiger partial charge >= 0.3 is 5.97 Å². The van der Waals surface area contributed by atoms with Crippen molar-refractivity contribution in [1.82, 2.24) is 14.7 Å². The lowest BCUT2D eigenvalue weighted by molar-refractivity contribution is -0.142. The summed E-state index contributed by atoms with van der Waals surface area (Å²) in [5.41, 5.74) is 1.66. The molecule has 126 valence electrons. The number of likely N-dealkylation sites (tertiary alicyclic amines) is 1. The molecule has 0 unspecified atom stereocenters. The predicted molar refractivity (Wildman–Crippen MR) is 88.6 cm³/mol. The molecule has 0 spiro atoms. The number of benzene rings is 1. The van der Waals surface area contributed by atoms with E-state index in [0.717, 1.165) is 17.7 Å². The minimum absolute atomic E-state index is 0.00748. The Bertz CT molecular complexity index is 741. The Morgan fingerprint density at radius 2 is 2.08 bits per heavy atom. The summed E-state index contributed by atoms with van der Waals surface area (Å²) in [6.45, 7) is 3.95. The Labute approximate surface area is 140 Å². The van der Waals surface area contributed by atoms with Gasteiger partial charge < -0.3 is 10.0 Å². The largest absolute Gasteiger partial charge is 0.481 e. The highest BCUT2D eigenvalue weighted by atomic mass is 16.4. The third-order valence-electron chi connectivity index (χ3n) is 4.71. The van der Waals surface area contributed by atoms with Crippen molar-refractivity contribution < 1.29 is 14.7 Å². The summed E-state index contributed by atoms with van der Waals surface area (Å²) < 4.78 is 1.71. The number of carboxylic acids is 1. The summed E-state index contributed by atoms with van der Waals surface area (Å²) in [6.07, 6.45) is 4.31. The van der Waals surface area contributed by atoms with Gasteiger partial charge in [-0.05, 0) is 25.5 Å². The van der Waals surface area contributed by atoms with E-state index >= 15 is 0 Å². The van der Waals surface area contributed by atoms with Gasteiger partial charge in [0.1, 0.15) is 0 Å². The van der Waals surface area contributed by atoms with Gasteiger partial charge in [-0.15, -0.1) is 0 Å². The first-order chi connectivity index (χ1) is 11.5. The number of nitrogens with zero attached hydrogens (tertiary/aromatic N) is 3. The van der Waals surface area contributed by atoms with E-state index in [2.05, 4.69) is 5.10 Å². The summed E-state index contributed by atoms with van der Waals surface area (Å²) >= 11 is 0. The van der Waals surface area contributed by atoms with Gasteiger partial charge in [-0.25, -0.2) is 4.68 Å². The van der Waals surface area contributed by atoms with Crippen LogP contribution in [0.5, 0.6) is 0 Å². The SMILES string of the molecule is CC[C@H](C)N1C(=O)C[C@@H](C(=O)O)[C@H]1c1cnn(-c2ccccc2)c1. The van der Waals surface area contributed by atoms with Crippen LogP contribution < -0.4 is 0 Å². The molecule has 2 heterocycles. The number of aliphatic carboxylic acids is 1. The van der Waals surface area contributed by atoms with Crippen molar-refractivity contribution >= 4 is 11.9 Å². The Morgan fingerprint density at radius 3 is 2.71 bits per heavy atom. The van der Waals surface area contributed by atoms with Crippen LogP contribution in [0.4, 0.5) is 0 Å². The smallest absolute Gasteiger partial charge is 0.309 e. The molecule has 2 aromatic rings. The lowest BCUT2D eigenvalue weighted by Crippen LogP contribution is -2.37. The number of carboxylic acid groups (broad SMARTS) is 1. The first-order valence-corrected chi connectivity index (χ1v) is 8.17. The van der Waals surface area contributed by atoms with Crippen molar-refractivity contribution in [3.63, 3.8) is 0 Å². The molecule has 0 bridgehead atoms. The maximum atomic E-state index is 12.4. The van der Waals surface area contributed by atoms with E-state index in [0.29, 0.717) is 0 Å². The Kier molecular flexibility index (Phi) is 4.38.